The van der Waals surface area contributed by atoms with Crippen molar-refractivity contribution in [1.29, 1.82) is 0 Å². The summed E-state index contributed by atoms with van der Waals surface area (Å²) >= 11 is 0. The van der Waals surface area contributed by atoms with Crippen molar-refractivity contribution in [3.8, 4) is 0 Å². The predicted molar refractivity (Wildman–Crippen MR) is 176 cm³/mol. The summed E-state index contributed by atoms with van der Waals surface area (Å²) in [4.78, 5) is 115. The molecule has 2 N–H and O–H groups in total. The van der Waals surface area contributed by atoms with Gasteiger partial charge in [0.25, 0.3) is 23.6 Å². The lowest BCUT2D eigenvalue weighted by Crippen LogP contribution is -2.54. The van der Waals surface area contributed by atoms with Crippen molar-refractivity contribution < 1.29 is 52.3 Å². The molecule has 16 nitrogen and oxygen atoms in total. The molecule has 5 heterocycles. The summed E-state index contributed by atoms with van der Waals surface area (Å²) < 4.78 is 19.1. The number of piperidine rings is 2. The van der Waals surface area contributed by atoms with Crippen molar-refractivity contribution in [2.75, 3.05) is 31.1 Å². The number of rotatable bonds is 3. The van der Waals surface area contributed by atoms with Crippen molar-refractivity contribution in [2.45, 2.75) is 64.1 Å². The van der Waals surface area contributed by atoms with Gasteiger partial charge < -0.3 is 14.5 Å². The largest absolute Gasteiger partial charge is 0.444 e. The molecule has 2 aromatic rings. The van der Waals surface area contributed by atoms with Crippen LogP contribution in [-0.2, 0) is 23.9 Å². The zero-order chi connectivity index (χ0) is 37.6. The molecule has 272 valence electrons. The topological polar surface area (TPSA) is 200 Å². The molecule has 5 aliphatic rings. The van der Waals surface area contributed by atoms with E-state index in [-0.39, 0.29) is 54.0 Å². The first-order chi connectivity index (χ1) is 24.6. The van der Waals surface area contributed by atoms with Gasteiger partial charge in [-0.2, -0.15) is 0 Å². The molecule has 2 atom stereocenters. The molecular formula is C35H35FN6O10. The standard InChI is InChI=1S/C22H26N4O6.C13H9FN2O4/c1-22(2,3)32-21(31)25-11-9-24(10-12-25)14-6-4-5-13-17(14)20(30)26(19(13)29)15-7-8-16(27)23-18(15)28;14-7-3-1-2-6-10(7)13(20)16(12(6)19)8-4-5-9(17)15-11(8)18/h4-6,15H,7-12H2,1-3H3,(H,23,27,28);1-3,8H,4-5H2,(H,15,17,18). The van der Waals surface area contributed by atoms with Gasteiger partial charge in [0, 0.05) is 39.0 Å². The molecule has 9 amide bonds. The van der Waals surface area contributed by atoms with Crippen LogP contribution in [-0.4, -0.2) is 112 Å². The maximum Gasteiger partial charge on any atom is 0.410 e. The molecule has 0 radical (unpaired) electrons. The Morgan fingerprint density at radius 3 is 1.65 bits per heavy atom. The third-order valence-corrected chi connectivity index (χ3v) is 9.14. The van der Waals surface area contributed by atoms with Crippen molar-refractivity contribution in [3.05, 3.63) is 64.5 Å². The maximum absolute atomic E-state index is 13.7. The van der Waals surface area contributed by atoms with Crippen molar-refractivity contribution in [1.82, 2.24) is 25.3 Å². The van der Waals surface area contributed by atoms with E-state index in [1.165, 1.54) is 12.1 Å². The quantitative estimate of drug-likeness (QED) is 0.435. The Bertz CT molecular complexity index is 1950. The molecule has 0 aliphatic carbocycles. The normalized spacial score (nSPS) is 21.8. The number of ether oxygens (including phenoxy) is 1. The summed E-state index contributed by atoms with van der Waals surface area (Å²) in [5.41, 5.74) is 0.141. The average molecular weight is 719 g/mol. The zero-order valence-electron chi connectivity index (χ0n) is 28.5. The number of hydrogen-bond donors (Lipinski definition) is 2. The molecule has 0 spiro atoms. The number of carbonyl (C=O) groups excluding carboxylic acids is 9. The SMILES string of the molecule is CC(C)(C)OC(=O)N1CCN(c2cccc3c2C(=O)N(C2CCC(=O)NC2=O)C3=O)CC1.O=C1CCC(N2C(=O)c3cccc(F)c3C2=O)C(=O)N1. The Labute approximate surface area is 296 Å². The number of nitrogens with one attached hydrogen (secondary N) is 2. The van der Waals surface area contributed by atoms with E-state index in [1.54, 1.807) is 23.1 Å². The van der Waals surface area contributed by atoms with Crippen LogP contribution in [0.15, 0.2) is 36.4 Å². The van der Waals surface area contributed by atoms with Crippen LogP contribution >= 0.6 is 0 Å². The van der Waals surface area contributed by atoms with Gasteiger partial charge in [0.2, 0.25) is 23.6 Å². The Kier molecular flexibility index (Phi) is 9.38. The van der Waals surface area contributed by atoms with Gasteiger partial charge in [-0.25, -0.2) is 9.18 Å². The summed E-state index contributed by atoms with van der Waals surface area (Å²) in [5, 5.41) is 4.27. The van der Waals surface area contributed by atoms with Gasteiger partial charge >= 0.3 is 6.09 Å². The molecule has 3 saturated heterocycles. The highest BCUT2D eigenvalue weighted by Gasteiger charge is 2.47. The van der Waals surface area contributed by atoms with E-state index in [4.69, 9.17) is 4.74 Å². The number of fused-ring (bicyclic) bond motifs is 2. The number of benzene rings is 2. The fraction of sp³-hybridized carbons (Fsp3) is 0.400. The van der Waals surface area contributed by atoms with Crippen molar-refractivity contribution in [2.24, 2.45) is 0 Å². The van der Waals surface area contributed by atoms with Gasteiger partial charge in [-0.1, -0.05) is 12.1 Å². The van der Waals surface area contributed by atoms with Crippen LogP contribution in [0.4, 0.5) is 14.9 Å². The monoisotopic (exact) mass is 718 g/mol. The van der Waals surface area contributed by atoms with E-state index < -0.39 is 70.8 Å². The summed E-state index contributed by atoms with van der Waals surface area (Å²) in [6.45, 7) is 7.20. The molecular weight excluding hydrogens is 683 g/mol. The number of piperazine rings is 1. The minimum absolute atomic E-state index is 0.0340. The molecule has 5 aliphatic heterocycles. The van der Waals surface area contributed by atoms with Crippen LogP contribution < -0.4 is 15.5 Å². The summed E-state index contributed by atoms with van der Waals surface area (Å²) in [6.07, 6.45) is -0.112. The molecule has 0 bridgehead atoms. The molecule has 0 aromatic heterocycles. The highest BCUT2D eigenvalue weighted by molar-refractivity contribution is 6.26. The second-order valence-corrected chi connectivity index (χ2v) is 13.7. The Morgan fingerprint density at radius 2 is 1.17 bits per heavy atom. The first-order valence-corrected chi connectivity index (χ1v) is 16.6. The van der Waals surface area contributed by atoms with Gasteiger partial charge in [0.15, 0.2) is 0 Å². The number of carbonyl (C=O) groups is 9. The van der Waals surface area contributed by atoms with Crippen LogP contribution in [0, 0.1) is 5.82 Å². The van der Waals surface area contributed by atoms with Gasteiger partial charge in [-0.05, 0) is 57.9 Å². The lowest BCUT2D eigenvalue weighted by atomic mass is 10.0. The summed E-state index contributed by atoms with van der Waals surface area (Å²) in [7, 11) is 0. The fourth-order valence-corrected chi connectivity index (χ4v) is 6.69. The van der Waals surface area contributed by atoms with Crippen LogP contribution in [0.1, 0.15) is 87.9 Å². The number of nitrogens with zero attached hydrogens (tertiary/aromatic N) is 4. The third kappa shape index (κ3) is 6.60. The Hall–Kier alpha value is -6.00. The third-order valence-electron chi connectivity index (χ3n) is 9.14. The molecule has 52 heavy (non-hydrogen) atoms. The molecule has 0 saturated carbocycles. The maximum atomic E-state index is 13.7. The second-order valence-electron chi connectivity index (χ2n) is 13.7. The van der Waals surface area contributed by atoms with Gasteiger partial charge in [-0.3, -0.25) is 58.8 Å². The smallest absolute Gasteiger partial charge is 0.410 e. The summed E-state index contributed by atoms with van der Waals surface area (Å²) in [5.74, 6) is -5.62. The van der Waals surface area contributed by atoms with E-state index in [2.05, 4.69) is 10.6 Å². The van der Waals surface area contributed by atoms with E-state index >= 15 is 0 Å². The Balaban J connectivity index is 0.000000198. The Morgan fingerprint density at radius 1 is 0.692 bits per heavy atom. The van der Waals surface area contributed by atoms with Crippen molar-refractivity contribution >= 4 is 59.0 Å². The van der Waals surface area contributed by atoms with E-state index in [0.717, 1.165) is 15.9 Å². The lowest BCUT2D eigenvalue weighted by Gasteiger charge is -2.37. The van der Waals surface area contributed by atoms with E-state index in [0.29, 0.717) is 31.9 Å². The molecule has 7 rings (SSSR count). The first kappa shape index (κ1) is 35.8. The lowest BCUT2D eigenvalue weighted by molar-refractivity contribution is -0.137. The molecule has 17 heteroatoms. The van der Waals surface area contributed by atoms with Gasteiger partial charge in [0.1, 0.15) is 23.5 Å². The van der Waals surface area contributed by atoms with Crippen LogP contribution in [0.3, 0.4) is 0 Å². The average Bonchev–Trinajstić information content (AvgIpc) is 3.49. The minimum Gasteiger partial charge on any atom is -0.444 e. The minimum atomic E-state index is -1.07. The van der Waals surface area contributed by atoms with Crippen LogP contribution in [0.2, 0.25) is 0 Å². The van der Waals surface area contributed by atoms with Gasteiger partial charge in [-0.15, -0.1) is 0 Å². The number of amides is 9. The van der Waals surface area contributed by atoms with Gasteiger partial charge in [0.05, 0.1) is 27.9 Å². The number of hydrogen-bond acceptors (Lipinski definition) is 11. The number of halogens is 1. The highest BCUT2D eigenvalue weighted by atomic mass is 19.1. The predicted octanol–water partition coefficient (Wildman–Crippen LogP) is 1.37. The zero-order valence-corrected chi connectivity index (χ0v) is 28.5. The fourth-order valence-electron chi connectivity index (χ4n) is 6.69. The number of anilines is 1. The van der Waals surface area contributed by atoms with Crippen molar-refractivity contribution in [3.63, 3.8) is 0 Å². The second kappa shape index (κ2) is 13.6. The highest BCUT2D eigenvalue weighted by Crippen LogP contribution is 2.35. The molecule has 2 aromatic carbocycles. The first-order valence-electron chi connectivity index (χ1n) is 16.6. The number of imide groups is 4. The molecule has 3 fully saturated rings. The summed E-state index contributed by atoms with van der Waals surface area (Å²) in [6, 6.07) is 6.71. The van der Waals surface area contributed by atoms with E-state index in [1.807, 2.05) is 25.7 Å². The van der Waals surface area contributed by atoms with Crippen LogP contribution in [0.25, 0.3) is 0 Å². The van der Waals surface area contributed by atoms with E-state index in [9.17, 15) is 47.5 Å². The van der Waals surface area contributed by atoms with Crippen LogP contribution in [0.5, 0.6) is 0 Å². The molecule has 2 unspecified atom stereocenters.